The van der Waals surface area contributed by atoms with Crippen molar-refractivity contribution in [3.8, 4) is 0 Å². The highest BCUT2D eigenvalue weighted by Crippen LogP contribution is 2.20. The second-order valence-corrected chi connectivity index (χ2v) is 6.34. The topological polar surface area (TPSA) is 35.5 Å². The maximum atomic E-state index is 9.05. The lowest BCUT2D eigenvalue weighted by atomic mass is 9.93. The minimum atomic E-state index is 0.285. The van der Waals surface area contributed by atoms with E-state index >= 15 is 0 Å². The number of nitrogens with zero attached hydrogens (tertiary/aromatic N) is 1. The van der Waals surface area contributed by atoms with Gasteiger partial charge >= 0.3 is 0 Å². The molecule has 16 heavy (non-hydrogen) atoms. The summed E-state index contributed by atoms with van der Waals surface area (Å²) < 4.78 is 0. The van der Waals surface area contributed by atoms with Crippen LogP contribution >= 0.6 is 0 Å². The van der Waals surface area contributed by atoms with Crippen LogP contribution in [0.2, 0.25) is 0 Å². The van der Waals surface area contributed by atoms with E-state index in [0.29, 0.717) is 17.4 Å². The second kappa shape index (κ2) is 5.99. The average molecular weight is 228 g/mol. The van der Waals surface area contributed by atoms with E-state index in [1.165, 1.54) is 0 Å². The average Bonchev–Trinajstić information content (AvgIpc) is 2.24. The third-order valence-electron chi connectivity index (χ3n) is 3.10. The van der Waals surface area contributed by atoms with Gasteiger partial charge in [-0.3, -0.25) is 0 Å². The van der Waals surface area contributed by atoms with Gasteiger partial charge in [-0.1, -0.05) is 27.7 Å². The fourth-order valence-electron chi connectivity index (χ4n) is 2.53. The Labute approximate surface area is 100 Å². The molecule has 1 atom stereocenters. The van der Waals surface area contributed by atoms with Crippen LogP contribution in [-0.2, 0) is 0 Å². The summed E-state index contributed by atoms with van der Waals surface area (Å²) in [6.45, 7) is 13.9. The first-order valence-corrected chi connectivity index (χ1v) is 6.49. The summed E-state index contributed by atoms with van der Waals surface area (Å²) in [5.74, 6) is 0.712. The lowest BCUT2D eigenvalue weighted by molar-refractivity contribution is 0.178. The van der Waals surface area contributed by atoms with Crippen molar-refractivity contribution < 1.29 is 5.11 Å². The monoisotopic (exact) mass is 228 g/mol. The molecule has 0 amide bonds. The van der Waals surface area contributed by atoms with Gasteiger partial charge in [-0.05, 0) is 17.8 Å². The van der Waals surface area contributed by atoms with Crippen molar-refractivity contribution in [2.24, 2.45) is 11.3 Å². The molecule has 1 unspecified atom stereocenters. The molecular weight excluding hydrogens is 200 g/mol. The number of rotatable bonds is 4. The molecule has 1 rings (SSSR count). The van der Waals surface area contributed by atoms with Crippen LogP contribution in [0, 0.1) is 11.3 Å². The van der Waals surface area contributed by atoms with Crippen LogP contribution in [0.5, 0.6) is 0 Å². The molecule has 0 spiro atoms. The summed E-state index contributed by atoms with van der Waals surface area (Å²) in [5.41, 5.74) is 0.332. The first kappa shape index (κ1) is 13.9. The Bertz CT molecular complexity index is 204. The van der Waals surface area contributed by atoms with Gasteiger partial charge in [0.05, 0.1) is 0 Å². The number of aliphatic hydroxyl groups is 1. The molecule has 3 heteroatoms. The zero-order chi connectivity index (χ0) is 12.2. The predicted molar refractivity (Wildman–Crippen MR) is 68.6 cm³/mol. The van der Waals surface area contributed by atoms with Gasteiger partial charge in [0.25, 0.3) is 0 Å². The molecule has 0 bridgehead atoms. The van der Waals surface area contributed by atoms with E-state index in [4.69, 9.17) is 5.11 Å². The third kappa shape index (κ3) is 4.81. The molecule has 1 heterocycles. The van der Waals surface area contributed by atoms with E-state index < -0.39 is 0 Å². The molecule has 1 saturated heterocycles. The Morgan fingerprint density at radius 1 is 1.44 bits per heavy atom. The maximum absolute atomic E-state index is 9.05. The zero-order valence-electron chi connectivity index (χ0n) is 11.3. The van der Waals surface area contributed by atoms with Crippen molar-refractivity contribution in [1.29, 1.82) is 0 Å². The molecule has 0 aliphatic carbocycles. The Balaban J connectivity index is 2.58. The van der Waals surface area contributed by atoms with Crippen LogP contribution in [0.4, 0.5) is 0 Å². The molecule has 96 valence electrons. The minimum absolute atomic E-state index is 0.285. The summed E-state index contributed by atoms with van der Waals surface area (Å²) in [7, 11) is 0. The fraction of sp³-hybridized carbons (Fsp3) is 1.00. The third-order valence-corrected chi connectivity index (χ3v) is 3.10. The Morgan fingerprint density at radius 3 is 2.69 bits per heavy atom. The molecular formula is C13H28N2O. The summed E-state index contributed by atoms with van der Waals surface area (Å²) >= 11 is 0. The quantitative estimate of drug-likeness (QED) is 0.762. The van der Waals surface area contributed by atoms with Crippen LogP contribution in [0.15, 0.2) is 0 Å². The largest absolute Gasteiger partial charge is 0.396 e. The van der Waals surface area contributed by atoms with Crippen LogP contribution < -0.4 is 5.32 Å². The molecule has 0 aromatic heterocycles. The SMILES string of the molecule is CC(C)CN1CC(CCO)NCC(C)(C)C1. The molecule has 1 aliphatic rings. The lowest BCUT2D eigenvalue weighted by Crippen LogP contribution is -2.39. The standard InChI is InChI=1S/C13H28N2O/c1-11(2)7-15-8-12(5-6-16)14-9-13(3,4)10-15/h11-12,14,16H,5-10H2,1-4H3. The predicted octanol–water partition coefficient (Wildman–Crippen LogP) is 1.32. The molecule has 0 aromatic carbocycles. The summed E-state index contributed by atoms with van der Waals surface area (Å²) in [5, 5.41) is 12.6. The van der Waals surface area contributed by atoms with Crippen molar-refractivity contribution in [3.05, 3.63) is 0 Å². The normalized spacial score (nSPS) is 27.0. The Kier molecular flexibility index (Phi) is 5.22. The Morgan fingerprint density at radius 2 is 2.12 bits per heavy atom. The highest BCUT2D eigenvalue weighted by molar-refractivity contribution is 4.85. The van der Waals surface area contributed by atoms with Crippen molar-refractivity contribution in [2.75, 3.05) is 32.8 Å². The summed E-state index contributed by atoms with van der Waals surface area (Å²) in [4.78, 5) is 2.55. The summed E-state index contributed by atoms with van der Waals surface area (Å²) in [6, 6.07) is 0.450. The molecule has 0 saturated carbocycles. The van der Waals surface area contributed by atoms with E-state index in [0.717, 1.165) is 32.6 Å². The number of hydrogen-bond acceptors (Lipinski definition) is 3. The first-order chi connectivity index (χ1) is 7.43. The van der Waals surface area contributed by atoms with Gasteiger partial charge < -0.3 is 15.3 Å². The van der Waals surface area contributed by atoms with Gasteiger partial charge in [0, 0.05) is 38.8 Å². The van der Waals surface area contributed by atoms with Gasteiger partial charge in [0.2, 0.25) is 0 Å². The van der Waals surface area contributed by atoms with E-state index in [1.54, 1.807) is 0 Å². The fourth-order valence-corrected chi connectivity index (χ4v) is 2.53. The van der Waals surface area contributed by atoms with Gasteiger partial charge in [0.15, 0.2) is 0 Å². The summed E-state index contributed by atoms with van der Waals surface area (Å²) in [6.07, 6.45) is 0.866. The minimum Gasteiger partial charge on any atom is -0.396 e. The van der Waals surface area contributed by atoms with Crippen LogP contribution in [0.1, 0.15) is 34.1 Å². The van der Waals surface area contributed by atoms with Gasteiger partial charge in [0.1, 0.15) is 0 Å². The van der Waals surface area contributed by atoms with E-state index in [2.05, 4.69) is 37.9 Å². The lowest BCUT2D eigenvalue weighted by Gasteiger charge is -2.30. The molecule has 0 radical (unpaired) electrons. The highest BCUT2D eigenvalue weighted by atomic mass is 16.3. The van der Waals surface area contributed by atoms with Crippen molar-refractivity contribution in [3.63, 3.8) is 0 Å². The van der Waals surface area contributed by atoms with Gasteiger partial charge in [-0.25, -0.2) is 0 Å². The van der Waals surface area contributed by atoms with Gasteiger partial charge in [-0.2, -0.15) is 0 Å². The second-order valence-electron chi connectivity index (χ2n) is 6.34. The first-order valence-electron chi connectivity index (χ1n) is 6.49. The molecule has 2 N–H and O–H groups in total. The molecule has 1 fully saturated rings. The van der Waals surface area contributed by atoms with Crippen LogP contribution in [0.25, 0.3) is 0 Å². The van der Waals surface area contributed by atoms with Crippen LogP contribution in [-0.4, -0.2) is 48.8 Å². The van der Waals surface area contributed by atoms with E-state index in [1.807, 2.05) is 0 Å². The number of nitrogens with one attached hydrogen (secondary N) is 1. The van der Waals surface area contributed by atoms with Crippen molar-refractivity contribution in [1.82, 2.24) is 10.2 Å². The van der Waals surface area contributed by atoms with Crippen molar-refractivity contribution in [2.45, 2.75) is 40.2 Å². The van der Waals surface area contributed by atoms with Gasteiger partial charge in [-0.15, -0.1) is 0 Å². The van der Waals surface area contributed by atoms with E-state index in [-0.39, 0.29) is 6.61 Å². The zero-order valence-corrected chi connectivity index (χ0v) is 11.3. The molecule has 0 aromatic rings. The molecule has 3 nitrogen and oxygen atoms in total. The molecule has 1 aliphatic heterocycles. The maximum Gasteiger partial charge on any atom is 0.0446 e. The number of aliphatic hydroxyl groups excluding tert-OH is 1. The van der Waals surface area contributed by atoms with Crippen LogP contribution in [0.3, 0.4) is 0 Å². The smallest absolute Gasteiger partial charge is 0.0446 e. The van der Waals surface area contributed by atoms with E-state index in [9.17, 15) is 0 Å². The Hall–Kier alpha value is -0.120. The van der Waals surface area contributed by atoms with Crippen molar-refractivity contribution >= 4 is 0 Å². The number of hydrogen-bond donors (Lipinski definition) is 2. The highest BCUT2D eigenvalue weighted by Gasteiger charge is 2.28.